The molecule has 0 fully saturated rings. The van der Waals surface area contributed by atoms with E-state index in [4.69, 9.17) is 5.11 Å². The predicted octanol–water partition coefficient (Wildman–Crippen LogP) is 2.77. The first kappa shape index (κ1) is 11.9. The highest BCUT2D eigenvalue weighted by atomic mass is 16.3. The van der Waals surface area contributed by atoms with Gasteiger partial charge in [-0.05, 0) is 17.9 Å². The number of aliphatic hydroxyl groups excluding tert-OH is 1. The van der Waals surface area contributed by atoms with Crippen LogP contribution in [0.2, 0.25) is 0 Å². The minimum atomic E-state index is 0.0792. The van der Waals surface area contributed by atoms with Gasteiger partial charge in [-0.2, -0.15) is 0 Å². The molecule has 0 aliphatic heterocycles. The second-order valence-electron chi connectivity index (χ2n) is 4.03. The second-order valence-corrected chi connectivity index (χ2v) is 4.03. The summed E-state index contributed by atoms with van der Waals surface area (Å²) in [4.78, 5) is 11.6. The van der Waals surface area contributed by atoms with E-state index in [2.05, 4.69) is 13.8 Å². The Kier molecular flexibility index (Phi) is 4.50. The smallest absolute Gasteiger partial charge is 0.162 e. The molecule has 0 saturated carbocycles. The van der Waals surface area contributed by atoms with E-state index in [0.29, 0.717) is 18.8 Å². The van der Waals surface area contributed by atoms with E-state index in [9.17, 15) is 4.79 Å². The summed E-state index contributed by atoms with van der Waals surface area (Å²) in [5.41, 5.74) is 1.99. The largest absolute Gasteiger partial charge is 0.396 e. The number of hydrogen-bond donors (Lipinski definition) is 1. The van der Waals surface area contributed by atoms with Gasteiger partial charge in [-0.15, -0.1) is 0 Å². The molecule has 82 valence electrons. The van der Waals surface area contributed by atoms with E-state index in [0.717, 1.165) is 5.56 Å². The number of Topliss-reactive ketones (excluding diaryl/α,β-unsaturated/α-hetero) is 1. The Hall–Kier alpha value is -1.15. The summed E-state index contributed by atoms with van der Waals surface area (Å²) < 4.78 is 0. The highest BCUT2D eigenvalue weighted by Gasteiger charge is 2.05. The van der Waals surface area contributed by atoms with E-state index in [1.165, 1.54) is 5.56 Å². The normalized spacial score (nSPS) is 10.7. The molecule has 0 spiro atoms. The van der Waals surface area contributed by atoms with Crippen molar-refractivity contribution in [2.75, 3.05) is 6.61 Å². The average Bonchev–Trinajstić information content (AvgIpc) is 2.26. The lowest BCUT2D eigenvalue weighted by atomic mass is 9.99. The summed E-state index contributed by atoms with van der Waals surface area (Å²) >= 11 is 0. The highest BCUT2D eigenvalue weighted by molar-refractivity contribution is 5.96. The van der Waals surface area contributed by atoms with Crippen molar-refractivity contribution in [1.29, 1.82) is 0 Å². The van der Waals surface area contributed by atoms with Gasteiger partial charge in [-0.1, -0.05) is 38.1 Å². The number of ketones is 1. The maximum Gasteiger partial charge on any atom is 0.162 e. The van der Waals surface area contributed by atoms with Gasteiger partial charge in [0.25, 0.3) is 0 Å². The Morgan fingerprint density at radius 1 is 1.27 bits per heavy atom. The van der Waals surface area contributed by atoms with Crippen LogP contribution in [0.15, 0.2) is 24.3 Å². The van der Waals surface area contributed by atoms with Crippen molar-refractivity contribution in [3.8, 4) is 0 Å². The van der Waals surface area contributed by atoms with Gasteiger partial charge < -0.3 is 5.11 Å². The van der Waals surface area contributed by atoms with Crippen molar-refractivity contribution in [3.05, 3.63) is 35.4 Å². The molecule has 0 bridgehead atoms. The second kappa shape index (κ2) is 5.66. The summed E-state index contributed by atoms with van der Waals surface area (Å²) in [5, 5.41) is 8.63. The molecule has 2 nitrogen and oxygen atoms in total. The molecule has 0 unspecified atom stereocenters. The van der Waals surface area contributed by atoms with Crippen LogP contribution in [-0.4, -0.2) is 17.5 Å². The Balaban J connectivity index is 2.67. The molecule has 0 heterocycles. The van der Waals surface area contributed by atoms with Crippen molar-refractivity contribution < 1.29 is 9.90 Å². The third-order valence-electron chi connectivity index (χ3n) is 2.46. The quantitative estimate of drug-likeness (QED) is 0.752. The molecule has 0 aliphatic rings. The molecule has 0 radical (unpaired) electrons. The van der Waals surface area contributed by atoms with Crippen LogP contribution in [0.25, 0.3) is 0 Å². The van der Waals surface area contributed by atoms with Crippen LogP contribution in [0.5, 0.6) is 0 Å². The fourth-order valence-electron chi connectivity index (χ4n) is 1.44. The van der Waals surface area contributed by atoms with Crippen LogP contribution in [0.4, 0.5) is 0 Å². The Morgan fingerprint density at radius 2 is 1.87 bits per heavy atom. The van der Waals surface area contributed by atoms with Gasteiger partial charge in [0.1, 0.15) is 0 Å². The molecule has 1 rings (SSSR count). The van der Waals surface area contributed by atoms with Gasteiger partial charge in [-0.3, -0.25) is 4.79 Å². The standard InChI is InChI=1S/C13H18O2/c1-10(2)11-5-7-12(8-6-11)13(15)4-3-9-14/h5-8,10,14H,3-4,9H2,1-2H3. The number of carbonyl (C=O) groups is 1. The first-order valence-corrected chi connectivity index (χ1v) is 5.39. The topological polar surface area (TPSA) is 37.3 Å². The van der Waals surface area contributed by atoms with Gasteiger partial charge in [0, 0.05) is 18.6 Å². The number of benzene rings is 1. The summed E-state index contributed by atoms with van der Waals surface area (Å²) in [7, 11) is 0. The van der Waals surface area contributed by atoms with E-state index >= 15 is 0 Å². The summed E-state index contributed by atoms with van der Waals surface area (Å²) in [6.45, 7) is 4.33. The molecule has 15 heavy (non-hydrogen) atoms. The number of carbonyl (C=O) groups excluding carboxylic acids is 1. The molecular formula is C13H18O2. The molecule has 0 aromatic heterocycles. The number of aliphatic hydroxyl groups is 1. The van der Waals surface area contributed by atoms with E-state index in [-0.39, 0.29) is 12.4 Å². The molecule has 0 amide bonds. The maximum absolute atomic E-state index is 11.6. The lowest BCUT2D eigenvalue weighted by Gasteiger charge is -2.06. The third kappa shape index (κ3) is 3.48. The van der Waals surface area contributed by atoms with Crippen LogP contribution in [0.1, 0.15) is 48.5 Å². The van der Waals surface area contributed by atoms with Gasteiger partial charge in [0.2, 0.25) is 0 Å². The van der Waals surface area contributed by atoms with Crippen LogP contribution in [0, 0.1) is 0 Å². The maximum atomic E-state index is 11.6. The summed E-state index contributed by atoms with van der Waals surface area (Å²) in [6.07, 6.45) is 0.974. The van der Waals surface area contributed by atoms with Crippen molar-refractivity contribution in [2.45, 2.75) is 32.6 Å². The molecule has 0 aliphatic carbocycles. The van der Waals surface area contributed by atoms with Crippen molar-refractivity contribution in [2.24, 2.45) is 0 Å². The Bertz CT molecular complexity index is 312. The van der Waals surface area contributed by atoms with E-state index in [1.54, 1.807) is 0 Å². The average molecular weight is 206 g/mol. The van der Waals surface area contributed by atoms with Gasteiger partial charge >= 0.3 is 0 Å². The number of hydrogen-bond acceptors (Lipinski definition) is 2. The van der Waals surface area contributed by atoms with Gasteiger partial charge in [0.15, 0.2) is 5.78 Å². The first-order chi connectivity index (χ1) is 7.15. The van der Waals surface area contributed by atoms with E-state index in [1.807, 2.05) is 24.3 Å². The van der Waals surface area contributed by atoms with Crippen molar-refractivity contribution >= 4 is 5.78 Å². The lowest BCUT2D eigenvalue weighted by Crippen LogP contribution is -2.00. The molecule has 1 N–H and O–H groups in total. The zero-order valence-electron chi connectivity index (χ0n) is 9.36. The van der Waals surface area contributed by atoms with Crippen LogP contribution < -0.4 is 0 Å². The van der Waals surface area contributed by atoms with E-state index < -0.39 is 0 Å². The lowest BCUT2D eigenvalue weighted by molar-refractivity contribution is 0.0971. The molecular weight excluding hydrogens is 188 g/mol. The first-order valence-electron chi connectivity index (χ1n) is 5.39. The summed E-state index contributed by atoms with van der Waals surface area (Å²) in [5.74, 6) is 0.603. The monoisotopic (exact) mass is 206 g/mol. The predicted molar refractivity (Wildman–Crippen MR) is 61.2 cm³/mol. The van der Waals surface area contributed by atoms with Crippen LogP contribution in [0.3, 0.4) is 0 Å². The molecule has 1 aromatic rings. The number of rotatable bonds is 5. The highest BCUT2D eigenvalue weighted by Crippen LogP contribution is 2.15. The van der Waals surface area contributed by atoms with Crippen molar-refractivity contribution in [3.63, 3.8) is 0 Å². The molecule has 2 heteroatoms. The minimum Gasteiger partial charge on any atom is -0.396 e. The fraction of sp³-hybridized carbons (Fsp3) is 0.462. The molecule has 0 atom stereocenters. The van der Waals surface area contributed by atoms with Gasteiger partial charge in [0.05, 0.1) is 0 Å². The zero-order valence-corrected chi connectivity index (χ0v) is 9.36. The zero-order chi connectivity index (χ0) is 11.3. The third-order valence-corrected chi connectivity index (χ3v) is 2.46. The Morgan fingerprint density at radius 3 is 2.33 bits per heavy atom. The SMILES string of the molecule is CC(C)c1ccc(C(=O)CCCO)cc1. The van der Waals surface area contributed by atoms with Crippen molar-refractivity contribution in [1.82, 2.24) is 0 Å². The van der Waals surface area contributed by atoms with Crippen LogP contribution >= 0.6 is 0 Å². The van der Waals surface area contributed by atoms with Gasteiger partial charge in [-0.25, -0.2) is 0 Å². The molecule has 0 saturated heterocycles. The molecule has 1 aromatic carbocycles. The van der Waals surface area contributed by atoms with Crippen LogP contribution in [-0.2, 0) is 0 Å². The minimum absolute atomic E-state index is 0.0792. The Labute approximate surface area is 90.9 Å². The summed E-state index contributed by atoms with van der Waals surface area (Å²) in [6, 6.07) is 7.73. The fourth-order valence-corrected chi connectivity index (χ4v) is 1.44.